The molecule has 0 aliphatic carbocycles. The van der Waals surface area contributed by atoms with Gasteiger partial charge in [0.25, 0.3) is 0 Å². The maximum Gasteiger partial charge on any atom is 0.228 e. The molecule has 0 radical (unpaired) electrons. The molecule has 0 unspecified atom stereocenters. The molecule has 0 atom stereocenters. The van der Waals surface area contributed by atoms with E-state index >= 15 is 0 Å². The van der Waals surface area contributed by atoms with E-state index in [0.717, 1.165) is 0 Å². The van der Waals surface area contributed by atoms with Crippen molar-refractivity contribution in [3.05, 3.63) is 17.6 Å². The van der Waals surface area contributed by atoms with Crippen LogP contribution in [0.3, 0.4) is 0 Å². The van der Waals surface area contributed by atoms with Crippen molar-refractivity contribution in [3.8, 4) is 5.88 Å². The third-order valence-electron chi connectivity index (χ3n) is 1.61. The van der Waals surface area contributed by atoms with E-state index in [-0.39, 0.29) is 11.9 Å². The molecule has 1 aromatic rings. The average Bonchev–Trinajstić information content (AvgIpc) is 2.16. The van der Waals surface area contributed by atoms with Crippen molar-refractivity contribution in [1.29, 1.82) is 0 Å². The third-order valence-corrected chi connectivity index (χ3v) is 1.61. The summed E-state index contributed by atoms with van der Waals surface area (Å²) < 4.78 is 5.43. The second kappa shape index (κ2) is 4.59. The first-order valence-corrected chi connectivity index (χ1v) is 4.52. The van der Waals surface area contributed by atoms with Crippen molar-refractivity contribution in [2.45, 2.75) is 26.9 Å². The molecule has 1 aromatic heterocycles. The number of aromatic nitrogens is 2. The molecular weight excluding hydrogens is 196 g/mol. The summed E-state index contributed by atoms with van der Waals surface area (Å²) in [6, 6.07) is 0. The summed E-state index contributed by atoms with van der Waals surface area (Å²) in [4.78, 5) is 8.03. The van der Waals surface area contributed by atoms with Crippen LogP contribution in [0, 0.1) is 6.92 Å². The molecule has 0 amide bonds. The van der Waals surface area contributed by atoms with Gasteiger partial charge < -0.3 is 15.7 Å². The van der Waals surface area contributed by atoms with Crippen molar-refractivity contribution < 1.29 is 9.94 Å². The van der Waals surface area contributed by atoms with Gasteiger partial charge in [0.15, 0.2) is 5.84 Å². The van der Waals surface area contributed by atoms with E-state index < -0.39 is 0 Å². The summed E-state index contributed by atoms with van der Waals surface area (Å²) in [5, 5.41) is 11.5. The predicted octanol–water partition coefficient (Wildman–Crippen LogP) is 0.667. The fraction of sp³-hybridized carbons (Fsp3) is 0.444. The standard InChI is InChI=1S/C9H14N4O2/c1-5(2)15-9-7(8(10)13-14)4-11-6(3)12-9/h4-5,14H,1-3H3,(H2,10,13). The number of hydrogen-bond donors (Lipinski definition) is 2. The Balaban J connectivity index is 3.14. The van der Waals surface area contributed by atoms with Gasteiger partial charge in [-0.2, -0.15) is 4.98 Å². The highest BCUT2D eigenvalue weighted by Gasteiger charge is 2.12. The lowest BCUT2D eigenvalue weighted by Crippen LogP contribution is -2.18. The number of aryl methyl sites for hydroxylation is 1. The van der Waals surface area contributed by atoms with Crippen LogP contribution >= 0.6 is 0 Å². The van der Waals surface area contributed by atoms with Crippen LogP contribution in [-0.4, -0.2) is 27.1 Å². The number of nitrogens with zero attached hydrogens (tertiary/aromatic N) is 3. The van der Waals surface area contributed by atoms with Crippen LogP contribution in [0.2, 0.25) is 0 Å². The number of hydrogen-bond acceptors (Lipinski definition) is 5. The van der Waals surface area contributed by atoms with Crippen molar-refractivity contribution in [3.63, 3.8) is 0 Å². The van der Waals surface area contributed by atoms with Crippen LogP contribution in [0.25, 0.3) is 0 Å². The van der Waals surface area contributed by atoms with Gasteiger partial charge in [-0.15, -0.1) is 0 Å². The Labute approximate surface area is 87.8 Å². The third kappa shape index (κ3) is 2.80. The Hall–Kier alpha value is -1.85. The van der Waals surface area contributed by atoms with Gasteiger partial charge in [-0.3, -0.25) is 0 Å². The van der Waals surface area contributed by atoms with Crippen LogP contribution < -0.4 is 10.5 Å². The quantitative estimate of drug-likeness (QED) is 0.331. The molecule has 82 valence electrons. The molecule has 1 rings (SSSR count). The summed E-state index contributed by atoms with van der Waals surface area (Å²) in [6.07, 6.45) is 1.43. The van der Waals surface area contributed by atoms with E-state index in [4.69, 9.17) is 15.7 Å². The highest BCUT2D eigenvalue weighted by molar-refractivity contribution is 5.98. The van der Waals surface area contributed by atoms with Gasteiger partial charge in [0.1, 0.15) is 11.4 Å². The Morgan fingerprint density at radius 2 is 2.27 bits per heavy atom. The van der Waals surface area contributed by atoms with E-state index in [0.29, 0.717) is 17.3 Å². The molecule has 0 bridgehead atoms. The fourth-order valence-corrected chi connectivity index (χ4v) is 0.992. The Morgan fingerprint density at radius 1 is 1.60 bits per heavy atom. The second-order valence-corrected chi connectivity index (χ2v) is 3.29. The normalized spacial score (nSPS) is 11.9. The Morgan fingerprint density at radius 3 is 2.80 bits per heavy atom. The second-order valence-electron chi connectivity index (χ2n) is 3.29. The van der Waals surface area contributed by atoms with Crippen molar-refractivity contribution in [2.24, 2.45) is 10.9 Å². The largest absolute Gasteiger partial charge is 0.474 e. The molecule has 0 fully saturated rings. The van der Waals surface area contributed by atoms with E-state index in [2.05, 4.69) is 15.1 Å². The molecular formula is C9H14N4O2. The predicted molar refractivity (Wildman–Crippen MR) is 55.0 cm³/mol. The Kier molecular flexibility index (Phi) is 3.43. The summed E-state index contributed by atoms with van der Waals surface area (Å²) in [7, 11) is 0. The van der Waals surface area contributed by atoms with Crippen molar-refractivity contribution in [1.82, 2.24) is 9.97 Å². The summed E-state index contributed by atoms with van der Waals surface area (Å²) in [6.45, 7) is 5.48. The minimum atomic E-state index is -0.0642. The van der Waals surface area contributed by atoms with Gasteiger partial charge in [0.2, 0.25) is 5.88 Å². The molecule has 6 nitrogen and oxygen atoms in total. The highest BCUT2D eigenvalue weighted by atomic mass is 16.5. The summed E-state index contributed by atoms with van der Waals surface area (Å²) >= 11 is 0. The van der Waals surface area contributed by atoms with Crippen molar-refractivity contribution >= 4 is 5.84 Å². The zero-order chi connectivity index (χ0) is 11.4. The Bertz CT molecular complexity index is 376. The van der Waals surface area contributed by atoms with Crippen LogP contribution in [-0.2, 0) is 0 Å². The molecule has 0 saturated heterocycles. The average molecular weight is 210 g/mol. The lowest BCUT2D eigenvalue weighted by molar-refractivity contribution is 0.231. The van der Waals surface area contributed by atoms with E-state index in [9.17, 15) is 0 Å². The topological polar surface area (TPSA) is 93.6 Å². The smallest absolute Gasteiger partial charge is 0.228 e. The molecule has 0 spiro atoms. The highest BCUT2D eigenvalue weighted by Crippen LogP contribution is 2.15. The lowest BCUT2D eigenvalue weighted by Gasteiger charge is -2.12. The summed E-state index contributed by atoms with van der Waals surface area (Å²) in [5.41, 5.74) is 5.85. The molecule has 15 heavy (non-hydrogen) atoms. The van der Waals surface area contributed by atoms with Crippen LogP contribution in [0.15, 0.2) is 11.4 Å². The van der Waals surface area contributed by atoms with Crippen LogP contribution in [0.4, 0.5) is 0 Å². The maximum absolute atomic E-state index is 8.57. The van der Waals surface area contributed by atoms with E-state index in [1.807, 2.05) is 13.8 Å². The minimum absolute atomic E-state index is 0.0375. The van der Waals surface area contributed by atoms with Crippen LogP contribution in [0.5, 0.6) is 5.88 Å². The maximum atomic E-state index is 8.57. The zero-order valence-electron chi connectivity index (χ0n) is 8.93. The van der Waals surface area contributed by atoms with Gasteiger partial charge in [-0.1, -0.05) is 5.16 Å². The number of rotatable bonds is 3. The minimum Gasteiger partial charge on any atom is -0.474 e. The lowest BCUT2D eigenvalue weighted by atomic mass is 10.3. The molecule has 6 heteroatoms. The SMILES string of the molecule is Cc1ncc(/C(N)=N\O)c(OC(C)C)n1. The molecule has 0 saturated carbocycles. The molecule has 0 aromatic carbocycles. The van der Waals surface area contributed by atoms with E-state index in [1.54, 1.807) is 6.92 Å². The number of amidine groups is 1. The van der Waals surface area contributed by atoms with Gasteiger partial charge in [0.05, 0.1) is 6.10 Å². The van der Waals surface area contributed by atoms with Gasteiger partial charge in [-0.25, -0.2) is 4.98 Å². The first-order valence-electron chi connectivity index (χ1n) is 4.52. The number of oxime groups is 1. The van der Waals surface area contributed by atoms with Crippen molar-refractivity contribution in [2.75, 3.05) is 0 Å². The first kappa shape index (κ1) is 11.2. The first-order chi connectivity index (χ1) is 7.04. The number of ether oxygens (including phenoxy) is 1. The molecule has 3 N–H and O–H groups in total. The van der Waals surface area contributed by atoms with Crippen LogP contribution in [0.1, 0.15) is 25.2 Å². The zero-order valence-corrected chi connectivity index (χ0v) is 8.93. The molecule has 0 aliphatic heterocycles. The molecule has 0 aliphatic rings. The number of nitrogens with two attached hydrogens (primary N) is 1. The van der Waals surface area contributed by atoms with Gasteiger partial charge in [-0.05, 0) is 20.8 Å². The van der Waals surface area contributed by atoms with Gasteiger partial charge >= 0.3 is 0 Å². The monoisotopic (exact) mass is 210 g/mol. The fourth-order valence-electron chi connectivity index (χ4n) is 0.992. The van der Waals surface area contributed by atoms with Gasteiger partial charge in [0, 0.05) is 6.20 Å². The van der Waals surface area contributed by atoms with E-state index in [1.165, 1.54) is 6.20 Å². The molecule has 1 heterocycles. The summed E-state index contributed by atoms with van der Waals surface area (Å²) in [5.74, 6) is 0.832.